The van der Waals surface area contributed by atoms with Gasteiger partial charge in [-0.25, -0.2) is 0 Å². The van der Waals surface area contributed by atoms with Gasteiger partial charge in [-0.15, -0.1) is 0 Å². The lowest BCUT2D eigenvalue weighted by atomic mass is 9.87. The van der Waals surface area contributed by atoms with Crippen molar-refractivity contribution in [2.45, 2.75) is 71.0 Å². The number of fused-ring (bicyclic) bond motifs is 2. The molecule has 8 nitrogen and oxygen atoms in total. The van der Waals surface area contributed by atoms with Crippen LogP contribution in [-0.4, -0.2) is 58.5 Å². The van der Waals surface area contributed by atoms with Crippen LogP contribution in [0.15, 0.2) is 40.0 Å². The Labute approximate surface area is 190 Å². The highest BCUT2D eigenvalue weighted by atomic mass is 15.2. The molecule has 4 rings (SSSR count). The highest BCUT2D eigenvalue weighted by Gasteiger charge is 2.39. The van der Waals surface area contributed by atoms with E-state index in [1.165, 1.54) is 12.8 Å². The maximum absolute atomic E-state index is 8.93. The molecule has 0 radical (unpaired) electrons. The molecular formula is C24H34N8. The molecule has 3 atom stereocenters. The zero-order chi connectivity index (χ0) is 22.6. The van der Waals surface area contributed by atoms with Gasteiger partial charge in [0.1, 0.15) is 5.84 Å². The van der Waals surface area contributed by atoms with E-state index < -0.39 is 0 Å². The average molecular weight is 435 g/mol. The molecule has 2 bridgehead atoms. The van der Waals surface area contributed by atoms with Crippen LogP contribution in [0.1, 0.15) is 51.6 Å². The minimum atomic E-state index is -0.151. The Hall–Kier alpha value is -2.76. The van der Waals surface area contributed by atoms with E-state index in [1.54, 1.807) is 0 Å². The standard InChI is InChI=1S/C24H34N8/c1-17-12-23(31-30-17)29-22(15-21-24(2,3)8-4-10-26-21)28-16-27-18-13-19-6-7-20(14-18)32(19)11-5-9-25/h4,8,10,12,15,18-20,27H,5-7,11,13-14,16H2,1-3H3,(H2,28,29,30,31)/b21-15+/t18-,19-,20+. The Morgan fingerprint density at radius 3 is 2.81 bits per heavy atom. The van der Waals surface area contributed by atoms with Gasteiger partial charge in [0.15, 0.2) is 5.82 Å². The molecule has 1 aromatic heterocycles. The second kappa shape index (κ2) is 9.80. The first-order chi connectivity index (χ1) is 15.4. The molecule has 2 fully saturated rings. The number of anilines is 1. The minimum Gasteiger partial charge on any atom is -0.324 e. The van der Waals surface area contributed by atoms with Gasteiger partial charge in [-0.2, -0.15) is 10.4 Å². The predicted octanol–water partition coefficient (Wildman–Crippen LogP) is 3.54. The lowest BCUT2D eigenvalue weighted by Crippen LogP contribution is -2.49. The zero-order valence-electron chi connectivity index (χ0n) is 19.3. The van der Waals surface area contributed by atoms with Gasteiger partial charge in [0.2, 0.25) is 0 Å². The maximum atomic E-state index is 8.93. The van der Waals surface area contributed by atoms with Crippen molar-refractivity contribution in [2.75, 3.05) is 18.5 Å². The summed E-state index contributed by atoms with van der Waals surface area (Å²) in [7, 11) is 0. The number of allylic oxidation sites excluding steroid dienone is 2. The largest absolute Gasteiger partial charge is 0.324 e. The Balaban J connectivity index is 1.42. The second-order valence-electron chi connectivity index (χ2n) is 9.55. The topological polar surface area (TPSA) is 104 Å². The highest BCUT2D eigenvalue weighted by molar-refractivity contribution is 6.04. The second-order valence-corrected chi connectivity index (χ2v) is 9.55. The van der Waals surface area contributed by atoms with Crippen molar-refractivity contribution in [3.63, 3.8) is 0 Å². The lowest BCUT2D eigenvalue weighted by molar-refractivity contribution is 0.120. The number of aromatic nitrogens is 2. The average Bonchev–Trinajstić information content (AvgIpc) is 3.26. The van der Waals surface area contributed by atoms with Gasteiger partial charge in [0, 0.05) is 60.6 Å². The van der Waals surface area contributed by atoms with Crippen LogP contribution in [0.3, 0.4) is 0 Å². The Morgan fingerprint density at radius 1 is 1.38 bits per heavy atom. The molecule has 2 saturated heterocycles. The fourth-order valence-corrected chi connectivity index (χ4v) is 4.99. The van der Waals surface area contributed by atoms with Crippen LogP contribution in [0.4, 0.5) is 5.82 Å². The number of nitriles is 1. The number of hydrogen-bond acceptors (Lipinski definition) is 6. The summed E-state index contributed by atoms with van der Waals surface area (Å²) in [5, 5.41) is 23.2. The molecule has 0 aliphatic carbocycles. The first-order valence-corrected chi connectivity index (χ1v) is 11.6. The molecule has 3 N–H and O–H groups in total. The van der Waals surface area contributed by atoms with Crippen LogP contribution in [-0.2, 0) is 0 Å². The van der Waals surface area contributed by atoms with E-state index >= 15 is 0 Å². The number of piperidine rings is 1. The highest BCUT2D eigenvalue weighted by Crippen LogP contribution is 2.35. The van der Waals surface area contributed by atoms with Crippen molar-refractivity contribution >= 4 is 17.9 Å². The van der Waals surface area contributed by atoms with Crippen molar-refractivity contribution in [1.82, 2.24) is 20.4 Å². The van der Waals surface area contributed by atoms with Crippen molar-refractivity contribution in [3.8, 4) is 6.07 Å². The number of aliphatic imine (C=N–C) groups is 2. The third-order valence-corrected chi connectivity index (χ3v) is 6.70. The molecule has 32 heavy (non-hydrogen) atoms. The molecule has 3 aliphatic rings. The molecular weight excluding hydrogens is 400 g/mol. The number of dihydropyridines is 1. The Kier molecular flexibility index (Phi) is 6.87. The van der Waals surface area contributed by atoms with E-state index in [0.29, 0.717) is 31.2 Å². The van der Waals surface area contributed by atoms with Gasteiger partial charge in [0.05, 0.1) is 18.4 Å². The van der Waals surface area contributed by atoms with Gasteiger partial charge in [-0.05, 0) is 38.7 Å². The summed E-state index contributed by atoms with van der Waals surface area (Å²) < 4.78 is 0. The summed E-state index contributed by atoms with van der Waals surface area (Å²) in [6.45, 7) is 7.72. The number of aryl methyl sites for hydroxylation is 1. The van der Waals surface area contributed by atoms with Crippen LogP contribution in [0, 0.1) is 23.7 Å². The molecule has 0 saturated carbocycles. The molecule has 170 valence electrons. The third-order valence-electron chi connectivity index (χ3n) is 6.70. The molecule has 0 aromatic carbocycles. The number of aromatic amines is 1. The first-order valence-electron chi connectivity index (χ1n) is 11.6. The SMILES string of the molecule is Cc1cc(NC(/C=C2/N=CC=CC2(C)C)=N/CN[C@@H]2C[C@H]3CC[C@@H](C2)N3CCC#N)n[nH]1. The minimum absolute atomic E-state index is 0.151. The van der Waals surface area contributed by atoms with Gasteiger partial charge in [0.25, 0.3) is 0 Å². The first kappa shape index (κ1) is 22.4. The predicted molar refractivity (Wildman–Crippen MR) is 129 cm³/mol. The van der Waals surface area contributed by atoms with Gasteiger partial charge in [-0.3, -0.25) is 25.3 Å². The quantitative estimate of drug-likeness (QED) is 0.450. The Bertz CT molecular complexity index is 947. The molecule has 3 aliphatic heterocycles. The van der Waals surface area contributed by atoms with E-state index in [2.05, 4.69) is 56.7 Å². The van der Waals surface area contributed by atoms with Crippen molar-refractivity contribution in [2.24, 2.45) is 15.4 Å². The zero-order valence-corrected chi connectivity index (χ0v) is 19.3. The number of H-pyrrole nitrogens is 1. The van der Waals surface area contributed by atoms with Crippen LogP contribution >= 0.6 is 0 Å². The maximum Gasteiger partial charge on any atom is 0.153 e. The normalized spacial score (nSPS) is 28.2. The van der Waals surface area contributed by atoms with E-state index in [-0.39, 0.29) is 5.41 Å². The summed E-state index contributed by atoms with van der Waals surface area (Å²) in [6.07, 6.45) is 13.3. The number of nitrogens with zero attached hydrogens (tertiary/aromatic N) is 5. The van der Waals surface area contributed by atoms with Crippen LogP contribution in [0.25, 0.3) is 0 Å². The monoisotopic (exact) mass is 434 g/mol. The molecule has 8 heteroatoms. The lowest BCUT2D eigenvalue weighted by Gasteiger charge is -2.38. The number of hydrogen-bond donors (Lipinski definition) is 3. The molecule has 4 heterocycles. The van der Waals surface area contributed by atoms with Crippen LogP contribution in [0.5, 0.6) is 0 Å². The fourth-order valence-electron chi connectivity index (χ4n) is 4.99. The smallest absolute Gasteiger partial charge is 0.153 e. The van der Waals surface area contributed by atoms with E-state index in [4.69, 9.17) is 10.3 Å². The van der Waals surface area contributed by atoms with Gasteiger partial charge >= 0.3 is 0 Å². The molecule has 0 amide bonds. The number of nitrogens with one attached hydrogen (secondary N) is 3. The summed E-state index contributed by atoms with van der Waals surface area (Å²) in [4.78, 5) is 12.0. The van der Waals surface area contributed by atoms with Crippen LogP contribution < -0.4 is 10.6 Å². The summed E-state index contributed by atoms with van der Waals surface area (Å²) in [5.41, 5.74) is 1.80. The van der Waals surface area contributed by atoms with E-state index in [9.17, 15) is 0 Å². The molecule has 0 spiro atoms. The molecule has 1 aromatic rings. The summed E-state index contributed by atoms with van der Waals surface area (Å²) in [6, 6.07) is 5.91. The fraction of sp³-hybridized carbons (Fsp3) is 0.583. The summed E-state index contributed by atoms with van der Waals surface area (Å²) in [5.74, 6) is 1.49. The summed E-state index contributed by atoms with van der Waals surface area (Å²) >= 11 is 0. The van der Waals surface area contributed by atoms with Gasteiger partial charge < -0.3 is 5.32 Å². The number of rotatable bonds is 7. The van der Waals surface area contributed by atoms with Crippen molar-refractivity contribution in [1.29, 1.82) is 5.26 Å². The Morgan fingerprint density at radius 2 is 2.16 bits per heavy atom. The van der Waals surface area contributed by atoms with Gasteiger partial charge in [-0.1, -0.05) is 19.9 Å². The van der Waals surface area contributed by atoms with E-state index in [0.717, 1.165) is 42.4 Å². The van der Waals surface area contributed by atoms with Crippen LogP contribution in [0.2, 0.25) is 0 Å². The van der Waals surface area contributed by atoms with Crippen molar-refractivity contribution in [3.05, 3.63) is 35.7 Å². The third kappa shape index (κ3) is 5.34. The molecule has 0 unspecified atom stereocenters. The van der Waals surface area contributed by atoms with E-state index in [1.807, 2.05) is 31.4 Å². The van der Waals surface area contributed by atoms with Crippen molar-refractivity contribution < 1.29 is 0 Å². The number of amidine groups is 1.